The summed E-state index contributed by atoms with van der Waals surface area (Å²) in [6.45, 7) is 9.13. The van der Waals surface area contributed by atoms with Gasteiger partial charge in [0.05, 0.1) is 11.4 Å². The molecule has 1 aromatic carbocycles. The van der Waals surface area contributed by atoms with Crippen molar-refractivity contribution >= 4 is 11.4 Å². The van der Waals surface area contributed by atoms with E-state index >= 15 is 0 Å². The van der Waals surface area contributed by atoms with Gasteiger partial charge in [-0.1, -0.05) is 12.1 Å². The number of nitrogens with one attached hydrogen (secondary N) is 2. The summed E-state index contributed by atoms with van der Waals surface area (Å²) in [5.41, 5.74) is 2.64. The van der Waals surface area contributed by atoms with Crippen molar-refractivity contribution in [3.63, 3.8) is 0 Å². The molecule has 2 heterocycles. The van der Waals surface area contributed by atoms with Gasteiger partial charge in [0, 0.05) is 52.4 Å². The van der Waals surface area contributed by atoms with Crippen molar-refractivity contribution < 1.29 is 0 Å². The molecular weight excluding hydrogens is 224 g/mol. The van der Waals surface area contributed by atoms with Crippen molar-refractivity contribution in [3.8, 4) is 0 Å². The lowest BCUT2D eigenvalue weighted by atomic mass is 10.2. The Morgan fingerprint density at radius 3 is 2.67 bits per heavy atom. The fourth-order valence-electron chi connectivity index (χ4n) is 2.77. The highest BCUT2D eigenvalue weighted by Gasteiger charge is 2.17. The summed E-state index contributed by atoms with van der Waals surface area (Å²) in [6.07, 6.45) is 0. The lowest BCUT2D eigenvalue weighted by Gasteiger charge is -2.35. The molecule has 2 aliphatic rings. The number of para-hydroxylation sites is 2. The molecule has 4 heteroatoms. The van der Waals surface area contributed by atoms with Crippen LogP contribution in [-0.2, 0) is 0 Å². The molecule has 18 heavy (non-hydrogen) atoms. The third kappa shape index (κ3) is 2.60. The Morgan fingerprint density at radius 1 is 0.944 bits per heavy atom. The number of anilines is 2. The summed E-state index contributed by atoms with van der Waals surface area (Å²) in [7, 11) is 0. The minimum atomic E-state index is 1.05. The van der Waals surface area contributed by atoms with Gasteiger partial charge in [0.25, 0.3) is 0 Å². The second-order valence-corrected chi connectivity index (χ2v) is 5.02. The van der Waals surface area contributed by atoms with Crippen molar-refractivity contribution in [3.05, 3.63) is 24.3 Å². The molecule has 4 nitrogen and oxygen atoms in total. The normalized spacial score (nSPS) is 20.3. The van der Waals surface area contributed by atoms with Gasteiger partial charge >= 0.3 is 0 Å². The standard InChI is InChI=1S/C14H22N4/c1-2-4-14-13(3-1)16-7-10-18(14)12-11-17-8-5-15-6-9-17/h1-4,15-16H,5-12H2. The number of rotatable bonds is 3. The molecule has 1 fully saturated rings. The molecule has 98 valence electrons. The number of piperazine rings is 1. The number of benzene rings is 1. The first-order chi connectivity index (χ1) is 8.93. The van der Waals surface area contributed by atoms with E-state index in [9.17, 15) is 0 Å². The van der Waals surface area contributed by atoms with Gasteiger partial charge in [-0.25, -0.2) is 0 Å². The zero-order valence-corrected chi connectivity index (χ0v) is 10.9. The summed E-state index contributed by atoms with van der Waals surface area (Å²) < 4.78 is 0. The van der Waals surface area contributed by atoms with E-state index in [2.05, 4.69) is 44.7 Å². The van der Waals surface area contributed by atoms with Gasteiger partial charge in [-0.15, -0.1) is 0 Å². The van der Waals surface area contributed by atoms with Crippen LogP contribution in [0.2, 0.25) is 0 Å². The smallest absolute Gasteiger partial charge is 0.0603 e. The first-order valence-corrected chi connectivity index (χ1v) is 6.94. The zero-order valence-electron chi connectivity index (χ0n) is 10.9. The highest BCUT2D eigenvalue weighted by atomic mass is 15.2. The number of nitrogens with zero attached hydrogens (tertiary/aromatic N) is 2. The van der Waals surface area contributed by atoms with Gasteiger partial charge in [-0.2, -0.15) is 0 Å². The Morgan fingerprint density at radius 2 is 1.78 bits per heavy atom. The van der Waals surface area contributed by atoms with E-state index in [4.69, 9.17) is 0 Å². The molecule has 1 aromatic rings. The Balaban J connectivity index is 1.60. The fourth-order valence-corrected chi connectivity index (χ4v) is 2.77. The predicted molar refractivity (Wildman–Crippen MR) is 76.5 cm³/mol. The molecule has 0 bridgehead atoms. The molecule has 0 spiro atoms. The van der Waals surface area contributed by atoms with Crippen molar-refractivity contribution in [1.29, 1.82) is 0 Å². The van der Waals surface area contributed by atoms with Crippen LogP contribution in [0.1, 0.15) is 0 Å². The van der Waals surface area contributed by atoms with Gasteiger partial charge in [0.15, 0.2) is 0 Å². The first kappa shape index (κ1) is 11.8. The van der Waals surface area contributed by atoms with E-state index in [1.54, 1.807) is 0 Å². The van der Waals surface area contributed by atoms with Crippen molar-refractivity contribution in [2.75, 3.05) is 62.6 Å². The molecule has 0 atom stereocenters. The van der Waals surface area contributed by atoms with Crippen molar-refractivity contribution in [2.45, 2.75) is 0 Å². The molecule has 1 saturated heterocycles. The Kier molecular flexibility index (Phi) is 3.67. The molecule has 0 aromatic heterocycles. The van der Waals surface area contributed by atoms with Crippen LogP contribution in [0.5, 0.6) is 0 Å². The van der Waals surface area contributed by atoms with Crippen LogP contribution >= 0.6 is 0 Å². The lowest BCUT2D eigenvalue weighted by Crippen LogP contribution is -2.47. The van der Waals surface area contributed by atoms with Gasteiger partial charge in [0.1, 0.15) is 0 Å². The van der Waals surface area contributed by atoms with Crippen LogP contribution in [0, 0.1) is 0 Å². The van der Waals surface area contributed by atoms with E-state index < -0.39 is 0 Å². The summed E-state index contributed by atoms with van der Waals surface area (Å²) in [5.74, 6) is 0. The van der Waals surface area contributed by atoms with E-state index in [0.29, 0.717) is 0 Å². The number of hydrogen-bond donors (Lipinski definition) is 2. The van der Waals surface area contributed by atoms with Crippen LogP contribution in [0.3, 0.4) is 0 Å². The molecule has 0 aliphatic carbocycles. The molecule has 2 aliphatic heterocycles. The summed E-state index contributed by atoms with van der Waals surface area (Å²) >= 11 is 0. The quantitative estimate of drug-likeness (QED) is 0.827. The molecule has 3 rings (SSSR count). The van der Waals surface area contributed by atoms with Gasteiger partial charge < -0.3 is 15.5 Å². The van der Waals surface area contributed by atoms with Crippen LogP contribution in [-0.4, -0.2) is 57.3 Å². The third-order valence-corrected chi connectivity index (χ3v) is 3.84. The minimum Gasteiger partial charge on any atom is -0.382 e. The lowest BCUT2D eigenvalue weighted by molar-refractivity contribution is 0.245. The molecule has 2 N–H and O–H groups in total. The number of fused-ring (bicyclic) bond motifs is 1. The van der Waals surface area contributed by atoms with Gasteiger partial charge in [0.2, 0.25) is 0 Å². The molecule has 0 unspecified atom stereocenters. The van der Waals surface area contributed by atoms with Crippen LogP contribution in [0.15, 0.2) is 24.3 Å². The number of hydrogen-bond acceptors (Lipinski definition) is 4. The second kappa shape index (κ2) is 5.59. The SMILES string of the molecule is c1ccc2c(c1)NCCN2CCN1CCNCC1. The fraction of sp³-hybridized carbons (Fsp3) is 0.571. The monoisotopic (exact) mass is 246 g/mol. The Labute approximate surface area is 109 Å². The zero-order chi connectivity index (χ0) is 12.2. The van der Waals surface area contributed by atoms with Crippen molar-refractivity contribution in [1.82, 2.24) is 10.2 Å². The topological polar surface area (TPSA) is 30.5 Å². The largest absolute Gasteiger partial charge is 0.382 e. The summed E-state index contributed by atoms with van der Waals surface area (Å²) in [4.78, 5) is 5.06. The van der Waals surface area contributed by atoms with Crippen LogP contribution in [0.25, 0.3) is 0 Å². The summed E-state index contributed by atoms with van der Waals surface area (Å²) in [6, 6.07) is 8.63. The van der Waals surface area contributed by atoms with E-state index in [-0.39, 0.29) is 0 Å². The van der Waals surface area contributed by atoms with Gasteiger partial charge in [-0.3, -0.25) is 4.90 Å². The molecular formula is C14H22N4. The van der Waals surface area contributed by atoms with Crippen molar-refractivity contribution in [2.24, 2.45) is 0 Å². The average Bonchev–Trinajstić information content (AvgIpc) is 2.46. The van der Waals surface area contributed by atoms with Crippen LogP contribution < -0.4 is 15.5 Å². The predicted octanol–water partition coefficient (Wildman–Crippen LogP) is 0.824. The van der Waals surface area contributed by atoms with E-state index in [1.165, 1.54) is 31.0 Å². The van der Waals surface area contributed by atoms with E-state index in [0.717, 1.165) is 32.7 Å². The molecule has 0 saturated carbocycles. The molecule has 0 amide bonds. The third-order valence-electron chi connectivity index (χ3n) is 3.84. The highest BCUT2D eigenvalue weighted by molar-refractivity contribution is 5.71. The maximum atomic E-state index is 3.47. The average molecular weight is 246 g/mol. The van der Waals surface area contributed by atoms with Crippen LogP contribution in [0.4, 0.5) is 11.4 Å². The minimum absolute atomic E-state index is 1.05. The second-order valence-electron chi connectivity index (χ2n) is 5.02. The Bertz CT molecular complexity index is 387. The maximum absolute atomic E-state index is 3.47. The first-order valence-electron chi connectivity index (χ1n) is 6.94. The maximum Gasteiger partial charge on any atom is 0.0603 e. The highest BCUT2D eigenvalue weighted by Crippen LogP contribution is 2.27. The Hall–Kier alpha value is -1.26. The molecule has 0 radical (unpaired) electrons. The summed E-state index contributed by atoms with van der Waals surface area (Å²) in [5, 5.41) is 6.87. The van der Waals surface area contributed by atoms with Gasteiger partial charge in [-0.05, 0) is 12.1 Å². The van der Waals surface area contributed by atoms with E-state index in [1.807, 2.05) is 0 Å².